The van der Waals surface area contributed by atoms with Gasteiger partial charge in [0, 0.05) is 12.6 Å². The van der Waals surface area contributed by atoms with Crippen LogP contribution in [0.2, 0.25) is 0 Å². The average molecular weight is 248 g/mol. The van der Waals surface area contributed by atoms with Crippen LogP contribution in [0.4, 0.5) is 0 Å². The number of hydrogen-bond acceptors (Lipinski definition) is 2. The van der Waals surface area contributed by atoms with Crippen LogP contribution in [0.15, 0.2) is 30.3 Å². The molecule has 0 spiro atoms. The molecule has 1 atom stereocenters. The second kappa shape index (κ2) is 8.28. The first-order valence-corrected chi connectivity index (χ1v) is 7.11. The van der Waals surface area contributed by atoms with E-state index in [9.17, 15) is 0 Å². The Bertz CT molecular complexity index is 308. The zero-order valence-electron chi connectivity index (χ0n) is 12.1. The third-order valence-corrected chi connectivity index (χ3v) is 3.31. The quantitative estimate of drug-likeness (QED) is 0.765. The molecule has 0 aromatic heterocycles. The largest absolute Gasteiger partial charge is 0.330 e. The van der Waals surface area contributed by atoms with Crippen molar-refractivity contribution in [2.75, 3.05) is 13.1 Å². The Morgan fingerprint density at radius 1 is 1.11 bits per heavy atom. The minimum atomic E-state index is 0.622. The van der Waals surface area contributed by atoms with Gasteiger partial charge in [0.15, 0.2) is 0 Å². The highest BCUT2D eigenvalue weighted by molar-refractivity contribution is 5.14. The zero-order valence-corrected chi connectivity index (χ0v) is 12.1. The lowest BCUT2D eigenvalue weighted by molar-refractivity contribution is 0.177. The maximum absolute atomic E-state index is 5.64. The molecule has 1 aromatic carbocycles. The summed E-state index contributed by atoms with van der Waals surface area (Å²) >= 11 is 0. The predicted molar refractivity (Wildman–Crippen MR) is 79.4 cm³/mol. The molecule has 1 unspecified atom stereocenters. The fourth-order valence-electron chi connectivity index (χ4n) is 2.40. The summed E-state index contributed by atoms with van der Waals surface area (Å²) in [5.74, 6) is 0.746. The van der Waals surface area contributed by atoms with Gasteiger partial charge in [0.1, 0.15) is 0 Å². The number of nitrogens with two attached hydrogens (primary N) is 1. The number of rotatable bonds is 8. The van der Waals surface area contributed by atoms with Crippen molar-refractivity contribution in [1.29, 1.82) is 0 Å². The molecule has 1 rings (SSSR count). The molecule has 1 aromatic rings. The van der Waals surface area contributed by atoms with Gasteiger partial charge in [-0.1, -0.05) is 44.2 Å². The van der Waals surface area contributed by atoms with Gasteiger partial charge in [-0.3, -0.25) is 4.90 Å². The maximum Gasteiger partial charge on any atom is 0.0236 e. The van der Waals surface area contributed by atoms with Crippen molar-refractivity contribution in [3.63, 3.8) is 0 Å². The number of hydrogen-bond donors (Lipinski definition) is 1. The third-order valence-electron chi connectivity index (χ3n) is 3.31. The second-order valence-corrected chi connectivity index (χ2v) is 5.58. The molecule has 2 heteroatoms. The van der Waals surface area contributed by atoms with E-state index in [1.807, 2.05) is 0 Å². The van der Waals surface area contributed by atoms with Crippen molar-refractivity contribution in [3.05, 3.63) is 35.9 Å². The number of benzene rings is 1. The molecule has 0 bridgehead atoms. The van der Waals surface area contributed by atoms with E-state index in [-0.39, 0.29) is 0 Å². The van der Waals surface area contributed by atoms with Crippen LogP contribution in [0.25, 0.3) is 0 Å². The predicted octanol–water partition coefficient (Wildman–Crippen LogP) is 3.27. The smallest absolute Gasteiger partial charge is 0.0236 e. The van der Waals surface area contributed by atoms with Gasteiger partial charge >= 0.3 is 0 Å². The van der Waals surface area contributed by atoms with Gasteiger partial charge in [-0.25, -0.2) is 0 Å². The van der Waals surface area contributed by atoms with Crippen LogP contribution in [-0.2, 0) is 6.54 Å². The topological polar surface area (TPSA) is 29.3 Å². The van der Waals surface area contributed by atoms with E-state index in [1.165, 1.54) is 12.0 Å². The summed E-state index contributed by atoms with van der Waals surface area (Å²) < 4.78 is 0. The summed E-state index contributed by atoms with van der Waals surface area (Å²) in [5, 5.41) is 0. The Balaban J connectivity index is 2.59. The number of nitrogens with zero attached hydrogens (tertiary/aromatic N) is 1. The minimum Gasteiger partial charge on any atom is -0.330 e. The van der Waals surface area contributed by atoms with E-state index in [0.29, 0.717) is 6.04 Å². The molecule has 2 N–H and O–H groups in total. The van der Waals surface area contributed by atoms with Gasteiger partial charge < -0.3 is 5.73 Å². The fourth-order valence-corrected chi connectivity index (χ4v) is 2.40. The summed E-state index contributed by atoms with van der Waals surface area (Å²) in [5.41, 5.74) is 7.04. The van der Waals surface area contributed by atoms with Crippen LogP contribution in [-0.4, -0.2) is 24.0 Å². The normalized spacial score (nSPS) is 13.2. The summed E-state index contributed by atoms with van der Waals surface area (Å²) in [6, 6.07) is 11.3. The highest BCUT2D eigenvalue weighted by atomic mass is 15.1. The molecule has 0 radical (unpaired) electrons. The lowest BCUT2D eigenvalue weighted by atomic mass is 10.0. The lowest BCUT2D eigenvalue weighted by Crippen LogP contribution is -2.35. The van der Waals surface area contributed by atoms with Crippen LogP contribution in [0, 0.1) is 5.92 Å². The molecular formula is C16H28N2. The lowest BCUT2D eigenvalue weighted by Gasteiger charge is -2.30. The summed E-state index contributed by atoms with van der Waals surface area (Å²) in [4.78, 5) is 2.56. The summed E-state index contributed by atoms with van der Waals surface area (Å²) in [6.45, 7) is 9.83. The Labute approximate surface area is 112 Å². The Kier molecular flexibility index (Phi) is 6.99. The highest BCUT2D eigenvalue weighted by Crippen LogP contribution is 2.15. The van der Waals surface area contributed by atoms with Gasteiger partial charge in [0.25, 0.3) is 0 Å². The van der Waals surface area contributed by atoms with Gasteiger partial charge in [0.05, 0.1) is 0 Å². The van der Waals surface area contributed by atoms with Gasteiger partial charge in [0.2, 0.25) is 0 Å². The van der Waals surface area contributed by atoms with E-state index in [1.54, 1.807) is 0 Å². The molecule has 0 amide bonds. The third kappa shape index (κ3) is 5.65. The van der Waals surface area contributed by atoms with Crippen molar-refractivity contribution < 1.29 is 0 Å². The Morgan fingerprint density at radius 2 is 1.78 bits per heavy atom. The van der Waals surface area contributed by atoms with Gasteiger partial charge in [-0.05, 0) is 44.3 Å². The Hall–Kier alpha value is -0.860. The van der Waals surface area contributed by atoms with Crippen LogP contribution < -0.4 is 5.73 Å². The molecule has 102 valence electrons. The van der Waals surface area contributed by atoms with Gasteiger partial charge in [-0.2, -0.15) is 0 Å². The SMILES string of the molecule is CC(C)CC(C)N(CCCN)Cc1ccccc1. The monoisotopic (exact) mass is 248 g/mol. The van der Waals surface area contributed by atoms with E-state index in [2.05, 4.69) is 56.0 Å². The first kappa shape index (κ1) is 15.2. The van der Waals surface area contributed by atoms with Crippen molar-refractivity contribution in [3.8, 4) is 0 Å². The van der Waals surface area contributed by atoms with Crippen molar-refractivity contribution in [2.24, 2.45) is 11.7 Å². The minimum absolute atomic E-state index is 0.622. The molecule has 0 aliphatic rings. The molecule has 0 saturated heterocycles. The van der Waals surface area contributed by atoms with E-state index in [0.717, 1.165) is 32.0 Å². The van der Waals surface area contributed by atoms with E-state index in [4.69, 9.17) is 5.73 Å². The van der Waals surface area contributed by atoms with Crippen molar-refractivity contribution in [2.45, 2.75) is 46.2 Å². The molecule has 0 heterocycles. The molecule has 0 aliphatic carbocycles. The molecule has 0 aliphatic heterocycles. The summed E-state index contributed by atoms with van der Waals surface area (Å²) in [6.07, 6.45) is 2.33. The maximum atomic E-state index is 5.64. The van der Waals surface area contributed by atoms with Crippen molar-refractivity contribution in [1.82, 2.24) is 4.90 Å². The molecule has 18 heavy (non-hydrogen) atoms. The van der Waals surface area contributed by atoms with Crippen molar-refractivity contribution >= 4 is 0 Å². The fraction of sp³-hybridized carbons (Fsp3) is 0.625. The zero-order chi connectivity index (χ0) is 13.4. The highest BCUT2D eigenvalue weighted by Gasteiger charge is 2.14. The standard InChI is InChI=1S/C16H28N2/c1-14(2)12-15(3)18(11-7-10-17)13-16-8-5-4-6-9-16/h4-6,8-9,14-15H,7,10-13,17H2,1-3H3. The van der Waals surface area contributed by atoms with Crippen LogP contribution in [0.1, 0.15) is 39.2 Å². The average Bonchev–Trinajstić information content (AvgIpc) is 2.34. The first-order valence-electron chi connectivity index (χ1n) is 7.11. The first-order chi connectivity index (χ1) is 8.63. The summed E-state index contributed by atoms with van der Waals surface area (Å²) in [7, 11) is 0. The van der Waals surface area contributed by atoms with Gasteiger partial charge in [-0.15, -0.1) is 0 Å². The molecule has 2 nitrogen and oxygen atoms in total. The van der Waals surface area contributed by atoms with Crippen LogP contribution in [0.3, 0.4) is 0 Å². The molecule has 0 fully saturated rings. The van der Waals surface area contributed by atoms with E-state index < -0.39 is 0 Å². The van der Waals surface area contributed by atoms with Crippen LogP contribution >= 0.6 is 0 Å². The van der Waals surface area contributed by atoms with Crippen LogP contribution in [0.5, 0.6) is 0 Å². The molecule has 0 saturated carbocycles. The molecular weight excluding hydrogens is 220 g/mol. The van der Waals surface area contributed by atoms with E-state index >= 15 is 0 Å². The Morgan fingerprint density at radius 3 is 2.33 bits per heavy atom. The second-order valence-electron chi connectivity index (χ2n) is 5.58.